The molecule has 0 heterocycles. The first kappa shape index (κ1) is 12.9. The zero-order valence-corrected chi connectivity index (χ0v) is 11.1. The third-order valence-electron chi connectivity index (χ3n) is 1.56. The molecule has 0 aliphatic heterocycles. The molecule has 1 aromatic rings. The second kappa shape index (κ2) is 5.25. The zero-order chi connectivity index (χ0) is 12.2. The van der Waals surface area contributed by atoms with Crippen LogP contribution < -0.4 is 0 Å². The molecule has 4 heteroatoms. The van der Waals surface area contributed by atoms with Crippen LogP contribution in [0.1, 0.15) is 26.3 Å². The minimum atomic E-state index is -0.576. The van der Waals surface area contributed by atoms with Gasteiger partial charge in [-0.1, -0.05) is 28.1 Å². The van der Waals surface area contributed by atoms with E-state index < -0.39 is 11.7 Å². The van der Waals surface area contributed by atoms with Crippen LogP contribution in [0.2, 0.25) is 0 Å². The van der Waals surface area contributed by atoms with Gasteiger partial charge < -0.3 is 4.74 Å². The van der Waals surface area contributed by atoms with Crippen LogP contribution >= 0.6 is 15.9 Å². The van der Waals surface area contributed by atoms with E-state index in [1.165, 1.54) is 6.21 Å². The number of rotatable bonds is 1. The number of amides is 1. The highest BCUT2D eigenvalue weighted by Gasteiger charge is 2.14. The predicted molar refractivity (Wildman–Crippen MR) is 68.0 cm³/mol. The molecule has 3 nitrogen and oxygen atoms in total. The lowest BCUT2D eigenvalue weighted by Gasteiger charge is -2.17. The summed E-state index contributed by atoms with van der Waals surface area (Å²) in [5.74, 6) is 0. The van der Waals surface area contributed by atoms with Crippen molar-refractivity contribution in [3.05, 3.63) is 34.3 Å². The second-order valence-corrected chi connectivity index (χ2v) is 5.21. The molecule has 0 bridgehead atoms. The van der Waals surface area contributed by atoms with Crippen molar-refractivity contribution in [2.75, 3.05) is 0 Å². The summed E-state index contributed by atoms with van der Waals surface area (Å²) in [6, 6.07) is 7.51. The number of hydrogen-bond acceptors (Lipinski definition) is 2. The fraction of sp³-hybridized carbons (Fsp3) is 0.333. The van der Waals surface area contributed by atoms with Crippen LogP contribution in [0.3, 0.4) is 0 Å². The van der Waals surface area contributed by atoms with Gasteiger partial charge in [-0.15, -0.1) is 0 Å². The summed E-state index contributed by atoms with van der Waals surface area (Å²) in [5, 5.41) is 0. The van der Waals surface area contributed by atoms with Crippen molar-refractivity contribution in [3.8, 4) is 0 Å². The Hall–Kier alpha value is -1.16. The van der Waals surface area contributed by atoms with E-state index in [1.807, 2.05) is 24.3 Å². The zero-order valence-electron chi connectivity index (χ0n) is 9.53. The van der Waals surface area contributed by atoms with Crippen molar-refractivity contribution in [3.63, 3.8) is 0 Å². The van der Waals surface area contributed by atoms with E-state index in [4.69, 9.17) is 4.74 Å². The minimum Gasteiger partial charge on any atom is -0.442 e. The molecule has 0 saturated carbocycles. The van der Waals surface area contributed by atoms with Crippen molar-refractivity contribution in [1.82, 2.24) is 0 Å². The molecule has 0 radical (unpaired) electrons. The average Bonchev–Trinajstić information content (AvgIpc) is 2.12. The maximum Gasteiger partial charge on any atom is 0.434 e. The third kappa shape index (κ3) is 5.07. The Balaban J connectivity index is 2.64. The van der Waals surface area contributed by atoms with Gasteiger partial charge in [0.05, 0.1) is 0 Å². The molecule has 0 spiro atoms. The predicted octanol–water partition coefficient (Wildman–Crippen LogP) is 3.80. The van der Waals surface area contributed by atoms with E-state index in [1.54, 1.807) is 20.8 Å². The lowest BCUT2D eigenvalue weighted by Crippen LogP contribution is -2.21. The maximum absolute atomic E-state index is 11.3. The van der Waals surface area contributed by atoms with Crippen LogP contribution in [0.5, 0.6) is 0 Å². The van der Waals surface area contributed by atoms with Crippen LogP contribution in [-0.2, 0) is 4.74 Å². The molecular formula is C12H14BrNO2. The van der Waals surface area contributed by atoms with Gasteiger partial charge in [-0.05, 0) is 38.5 Å². The molecule has 1 aromatic carbocycles. The van der Waals surface area contributed by atoms with Crippen molar-refractivity contribution >= 4 is 28.2 Å². The number of aliphatic imine (C=N–C) groups is 1. The first-order valence-electron chi connectivity index (χ1n) is 4.89. The van der Waals surface area contributed by atoms with Crippen LogP contribution in [0.15, 0.2) is 33.7 Å². The van der Waals surface area contributed by atoms with Crippen LogP contribution in [0.4, 0.5) is 4.79 Å². The monoisotopic (exact) mass is 283 g/mol. The van der Waals surface area contributed by atoms with Gasteiger partial charge in [0.25, 0.3) is 0 Å². The van der Waals surface area contributed by atoms with E-state index >= 15 is 0 Å². The summed E-state index contributed by atoms with van der Waals surface area (Å²) in [6.07, 6.45) is 0.909. The summed E-state index contributed by atoms with van der Waals surface area (Å²) >= 11 is 3.34. The largest absolute Gasteiger partial charge is 0.442 e. The van der Waals surface area contributed by atoms with Gasteiger partial charge in [0.2, 0.25) is 0 Å². The highest BCUT2D eigenvalue weighted by atomic mass is 79.9. The number of carbonyl (C=O) groups is 1. The van der Waals surface area contributed by atoms with Crippen molar-refractivity contribution in [2.45, 2.75) is 26.4 Å². The Morgan fingerprint density at radius 3 is 2.69 bits per heavy atom. The van der Waals surface area contributed by atoms with Crippen molar-refractivity contribution in [2.24, 2.45) is 4.99 Å². The van der Waals surface area contributed by atoms with Crippen molar-refractivity contribution in [1.29, 1.82) is 0 Å². The molecule has 0 aliphatic carbocycles. The molecule has 0 unspecified atom stereocenters. The van der Waals surface area contributed by atoms with Gasteiger partial charge in [-0.2, -0.15) is 4.99 Å². The lowest BCUT2D eigenvalue weighted by atomic mass is 10.2. The van der Waals surface area contributed by atoms with Crippen LogP contribution in [0.25, 0.3) is 0 Å². The number of benzene rings is 1. The van der Waals surface area contributed by atoms with E-state index in [0.29, 0.717) is 0 Å². The second-order valence-electron chi connectivity index (χ2n) is 4.29. The SMILES string of the molecule is CC(C)(C)OC(=O)/N=C/c1cccc(Br)c1. The van der Waals surface area contributed by atoms with Crippen LogP contribution in [-0.4, -0.2) is 17.9 Å². The van der Waals surface area contributed by atoms with E-state index in [0.717, 1.165) is 10.0 Å². The highest BCUT2D eigenvalue weighted by Crippen LogP contribution is 2.11. The van der Waals surface area contributed by atoms with Gasteiger partial charge in [0.15, 0.2) is 0 Å². The molecule has 0 atom stereocenters. The van der Waals surface area contributed by atoms with Gasteiger partial charge in [-0.3, -0.25) is 0 Å². The molecule has 1 rings (SSSR count). The Morgan fingerprint density at radius 1 is 1.44 bits per heavy atom. The molecule has 0 fully saturated rings. The van der Waals surface area contributed by atoms with Gasteiger partial charge in [0.1, 0.15) is 5.60 Å². The Kier molecular flexibility index (Phi) is 4.24. The Morgan fingerprint density at radius 2 is 2.12 bits per heavy atom. The number of hydrogen-bond donors (Lipinski definition) is 0. The molecule has 0 saturated heterocycles. The molecule has 16 heavy (non-hydrogen) atoms. The van der Waals surface area contributed by atoms with Gasteiger partial charge in [-0.25, -0.2) is 4.79 Å². The molecule has 0 aromatic heterocycles. The first-order chi connectivity index (χ1) is 7.37. The average molecular weight is 284 g/mol. The van der Waals surface area contributed by atoms with Gasteiger partial charge in [0, 0.05) is 10.7 Å². The van der Waals surface area contributed by atoms with E-state index in [-0.39, 0.29) is 0 Å². The molecule has 1 amide bonds. The standard InChI is InChI=1S/C12H14BrNO2/c1-12(2,3)16-11(15)14-8-9-5-4-6-10(13)7-9/h4-8H,1-3H3/b14-8+. The summed E-state index contributed by atoms with van der Waals surface area (Å²) in [5.41, 5.74) is 0.339. The first-order valence-corrected chi connectivity index (χ1v) is 5.69. The molecule has 0 N–H and O–H groups in total. The maximum atomic E-state index is 11.3. The number of halogens is 1. The normalized spacial score (nSPS) is 11.8. The highest BCUT2D eigenvalue weighted by molar-refractivity contribution is 9.10. The van der Waals surface area contributed by atoms with Crippen LogP contribution in [0, 0.1) is 0 Å². The molecule has 86 valence electrons. The fourth-order valence-electron chi connectivity index (χ4n) is 1.00. The summed E-state index contributed by atoms with van der Waals surface area (Å²) < 4.78 is 5.99. The topological polar surface area (TPSA) is 38.7 Å². The minimum absolute atomic E-state index is 0.508. The summed E-state index contributed by atoms with van der Waals surface area (Å²) in [4.78, 5) is 15.0. The van der Waals surface area contributed by atoms with E-state index in [9.17, 15) is 4.79 Å². The number of ether oxygens (including phenoxy) is 1. The molecule has 0 aliphatic rings. The Bertz CT molecular complexity index is 408. The van der Waals surface area contributed by atoms with E-state index in [2.05, 4.69) is 20.9 Å². The summed E-state index contributed by atoms with van der Waals surface area (Å²) in [7, 11) is 0. The number of carbonyl (C=O) groups excluding carboxylic acids is 1. The molecular weight excluding hydrogens is 270 g/mol. The fourth-order valence-corrected chi connectivity index (χ4v) is 1.42. The summed E-state index contributed by atoms with van der Waals surface area (Å²) in [6.45, 7) is 5.42. The smallest absolute Gasteiger partial charge is 0.434 e. The lowest BCUT2D eigenvalue weighted by molar-refractivity contribution is 0.0605. The Labute approximate surface area is 104 Å². The third-order valence-corrected chi connectivity index (χ3v) is 2.05. The number of nitrogens with zero attached hydrogens (tertiary/aromatic N) is 1. The quantitative estimate of drug-likeness (QED) is 0.736. The van der Waals surface area contributed by atoms with Gasteiger partial charge >= 0.3 is 6.09 Å². The van der Waals surface area contributed by atoms with Crippen molar-refractivity contribution < 1.29 is 9.53 Å².